The van der Waals surface area contributed by atoms with Gasteiger partial charge in [0.15, 0.2) is 5.78 Å². The average Bonchev–Trinajstić information content (AvgIpc) is 2.40. The lowest BCUT2D eigenvalue weighted by Gasteiger charge is -2.11. The molecule has 1 heterocycles. The van der Waals surface area contributed by atoms with Crippen molar-refractivity contribution in [3.05, 3.63) is 28.5 Å². The predicted octanol–water partition coefficient (Wildman–Crippen LogP) is 3.19. The first-order chi connectivity index (χ1) is 9.81. The molecule has 1 aromatic rings. The molecule has 0 saturated heterocycles. The van der Waals surface area contributed by atoms with Crippen LogP contribution in [-0.2, 0) is 11.0 Å². The first kappa shape index (κ1) is 17.3. The second kappa shape index (κ2) is 7.30. The molecular weight excluding hydrogens is 327 g/mol. The standard InChI is InChI=1S/C12H7ClF3N3OS/c13-9-3-7(12(14,15)16)5-19-11(9)8(4-18)10(20)6-21-2-1-17/h3,5,8H,2,6H2. The van der Waals surface area contributed by atoms with Crippen LogP contribution in [0.2, 0.25) is 5.02 Å². The number of hydrogen-bond acceptors (Lipinski definition) is 5. The monoisotopic (exact) mass is 333 g/mol. The molecule has 4 nitrogen and oxygen atoms in total. The first-order valence-corrected chi connectivity index (χ1v) is 6.94. The summed E-state index contributed by atoms with van der Waals surface area (Å²) >= 11 is 6.69. The molecule has 1 atom stereocenters. The van der Waals surface area contributed by atoms with Gasteiger partial charge < -0.3 is 0 Å². The highest BCUT2D eigenvalue weighted by Gasteiger charge is 2.33. The van der Waals surface area contributed by atoms with Crippen molar-refractivity contribution in [1.29, 1.82) is 10.5 Å². The summed E-state index contributed by atoms with van der Waals surface area (Å²) in [4.78, 5) is 15.3. The number of aromatic nitrogens is 1. The number of carbonyl (C=O) groups excluding carboxylic acids is 1. The zero-order chi connectivity index (χ0) is 16.0. The highest BCUT2D eigenvalue weighted by atomic mass is 35.5. The number of ketones is 1. The minimum atomic E-state index is -4.61. The van der Waals surface area contributed by atoms with Gasteiger partial charge in [-0.2, -0.15) is 23.7 Å². The van der Waals surface area contributed by atoms with E-state index in [9.17, 15) is 18.0 Å². The second-order valence-corrected chi connectivity index (χ2v) is 5.16. The van der Waals surface area contributed by atoms with E-state index < -0.39 is 28.5 Å². The van der Waals surface area contributed by atoms with E-state index in [2.05, 4.69) is 4.98 Å². The highest BCUT2D eigenvalue weighted by Crippen LogP contribution is 2.33. The molecule has 0 aromatic carbocycles. The first-order valence-electron chi connectivity index (χ1n) is 5.41. The Bertz CT molecular complexity index is 622. The summed E-state index contributed by atoms with van der Waals surface area (Å²) in [5.41, 5.74) is -1.27. The molecule has 0 bridgehead atoms. The fraction of sp³-hybridized carbons (Fsp3) is 0.333. The van der Waals surface area contributed by atoms with Crippen LogP contribution < -0.4 is 0 Å². The minimum absolute atomic E-state index is 0.0675. The lowest BCUT2D eigenvalue weighted by Crippen LogP contribution is -2.16. The number of alkyl halides is 3. The quantitative estimate of drug-likeness (QED) is 0.773. The van der Waals surface area contributed by atoms with E-state index in [1.807, 2.05) is 6.07 Å². The Balaban J connectivity index is 3.00. The van der Waals surface area contributed by atoms with Crippen LogP contribution >= 0.6 is 23.4 Å². The molecule has 0 N–H and O–H groups in total. The van der Waals surface area contributed by atoms with Crippen molar-refractivity contribution in [3.8, 4) is 12.1 Å². The number of nitrogens with zero attached hydrogens (tertiary/aromatic N) is 3. The van der Waals surface area contributed by atoms with Gasteiger partial charge in [0.1, 0.15) is 5.92 Å². The Morgan fingerprint density at radius 2 is 2.14 bits per heavy atom. The Morgan fingerprint density at radius 1 is 1.48 bits per heavy atom. The minimum Gasteiger partial charge on any atom is -0.297 e. The zero-order valence-electron chi connectivity index (χ0n) is 10.3. The van der Waals surface area contributed by atoms with Crippen LogP contribution in [0.5, 0.6) is 0 Å². The summed E-state index contributed by atoms with van der Waals surface area (Å²) in [6, 6.07) is 4.12. The lowest BCUT2D eigenvalue weighted by atomic mass is 10.0. The summed E-state index contributed by atoms with van der Waals surface area (Å²) in [5, 5.41) is 17.0. The summed E-state index contributed by atoms with van der Waals surface area (Å²) < 4.78 is 37.4. The Labute approximate surface area is 127 Å². The maximum atomic E-state index is 12.5. The largest absolute Gasteiger partial charge is 0.417 e. The van der Waals surface area contributed by atoms with Crippen molar-refractivity contribution in [2.45, 2.75) is 12.1 Å². The Morgan fingerprint density at radius 3 is 2.62 bits per heavy atom. The van der Waals surface area contributed by atoms with Gasteiger partial charge in [0.2, 0.25) is 0 Å². The smallest absolute Gasteiger partial charge is 0.297 e. The van der Waals surface area contributed by atoms with Crippen molar-refractivity contribution in [2.24, 2.45) is 0 Å². The normalized spacial score (nSPS) is 12.3. The number of Topliss-reactive ketones (excluding diaryl/α,β-unsaturated/α-hetero) is 1. The number of thioether (sulfide) groups is 1. The fourth-order valence-electron chi connectivity index (χ4n) is 1.38. The summed E-state index contributed by atoms with van der Waals surface area (Å²) in [6.07, 6.45) is -4.08. The maximum absolute atomic E-state index is 12.5. The zero-order valence-corrected chi connectivity index (χ0v) is 11.9. The molecule has 0 spiro atoms. The van der Waals surface area contributed by atoms with E-state index in [0.29, 0.717) is 12.3 Å². The molecule has 1 rings (SSSR count). The number of pyridine rings is 1. The van der Waals surface area contributed by atoms with Gasteiger partial charge in [-0.05, 0) is 6.07 Å². The number of halogens is 4. The second-order valence-electron chi connectivity index (χ2n) is 3.77. The van der Waals surface area contributed by atoms with Crippen LogP contribution in [0.1, 0.15) is 17.2 Å². The van der Waals surface area contributed by atoms with Gasteiger partial charge in [-0.3, -0.25) is 9.78 Å². The van der Waals surface area contributed by atoms with Crippen LogP contribution in [0, 0.1) is 22.7 Å². The molecule has 1 aromatic heterocycles. The maximum Gasteiger partial charge on any atom is 0.417 e. The van der Waals surface area contributed by atoms with E-state index >= 15 is 0 Å². The number of hydrogen-bond donors (Lipinski definition) is 0. The van der Waals surface area contributed by atoms with Crippen molar-refractivity contribution < 1.29 is 18.0 Å². The van der Waals surface area contributed by atoms with Crippen LogP contribution in [0.4, 0.5) is 13.2 Å². The third-order valence-electron chi connectivity index (χ3n) is 2.33. The lowest BCUT2D eigenvalue weighted by molar-refractivity contribution is -0.137. The Kier molecular flexibility index (Phi) is 6.01. The third kappa shape index (κ3) is 4.62. The van der Waals surface area contributed by atoms with Gasteiger partial charge >= 0.3 is 6.18 Å². The van der Waals surface area contributed by atoms with Gasteiger partial charge in [0, 0.05) is 6.20 Å². The summed E-state index contributed by atoms with van der Waals surface area (Å²) in [6.45, 7) is 0. The van der Waals surface area contributed by atoms with Crippen LogP contribution in [0.3, 0.4) is 0 Å². The summed E-state index contributed by atoms with van der Waals surface area (Å²) in [5.74, 6) is -1.97. The number of nitriles is 2. The van der Waals surface area contributed by atoms with Gasteiger partial charge in [-0.1, -0.05) is 11.6 Å². The molecule has 0 saturated carbocycles. The molecule has 0 amide bonds. The van der Waals surface area contributed by atoms with Gasteiger partial charge in [0.05, 0.1) is 39.9 Å². The molecule has 110 valence electrons. The molecule has 0 radical (unpaired) electrons. The molecule has 1 unspecified atom stereocenters. The van der Waals surface area contributed by atoms with Crippen molar-refractivity contribution >= 4 is 29.1 Å². The average molecular weight is 334 g/mol. The van der Waals surface area contributed by atoms with Crippen LogP contribution in [0.25, 0.3) is 0 Å². The molecule has 0 aliphatic carbocycles. The van der Waals surface area contributed by atoms with Crippen molar-refractivity contribution in [1.82, 2.24) is 4.98 Å². The summed E-state index contributed by atoms with van der Waals surface area (Å²) in [7, 11) is 0. The third-order valence-corrected chi connectivity index (χ3v) is 3.46. The topological polar surface area (TPSA) is 77.5 Å². The van der Waals surface area contributed by atoms with Crippen LogP contribution in [-0.4, -0.2) is 22.3 Å². The Hall–Kier alpha value is -1.77. The predicted molar refractivity (Wildman–Crippen MR) is 70.5 cm³/mol. The van der Waals surface area contributed by atoms with Gasteiger partial charge in [-0.15, -0.1) is 11.8 Å². The highest BCUT2D eigenvalue weighted by molar-refractivity contribution is 8.00. The number of carbonyl (C=O) groups is 1. The van der Waals surface area contributed by atoms with E-state index in [-0.39, 0.29) is 17.2 Å². The van der Waals surface area contributed by atoms with E-state index in [0.717, 1.165) is 11.8 Å². The van der Waals surface area contributed by atoms with E-state index in [4.69, 9.17) is 22.1 Å². The van der Waals surface area contributed by atoms with Gasteiger partial charge in [-0.25, -0.2) is 0 Å². The molecule has 9 heteroatoms. The molecule has 21 heavy (non-hydrogen) atoms. The van der Waals surface area contributed by atoms with Crippen molar-refractivity contribution in [3.63, 3.8) is 0 Å². The molecule has 0 fully saturated rings. The van der Waals surface area contributed by atoms with E-state index in [1.54, 1.807) is 6.07 Å². The molecule has 0 aliphatic heterocycles. The molecular formula is C12H7ClF3N3OS. The SMILES string of the molecule is N#CCSCC(=O)C(C#N)c1ncc(C(F)(F)F)cc1Cl. The van der Waals surface area contributed by atoms with Gasteiger partial charge in [0.25, 0.3) is 0 Å². The molecule has 0 aliphatic rings. The van der Waals surface area contributed by atoms with Crippen LogP contribution in [0.15, 0.2) is 12.3 Å². The fourth-order valence-corrected chi connectivity index (χ4v) is 2.22. The van der Waals surface area contributed by atoms with Crippen molar-refractivity contribution in [2.75, 3.05) is 11.5 Å². The van der Waals surface area contributed by atoms with E-state index in [1.165, 1.54) is 0 Å². The number of rotatable bonds is 5.